The minimum Gasteiger partial charge on any atom is -0.388 e. The van der Waals surface area contributed by atoms with Crippen LogP contribution in [0.5, 0.6) is 0 Å². The molecule has 10 nitrogen and oxygen atoms in total. The Morgan fingerprint density at radius 1 is 0.933 bits per heavy atom. The van der Waals surface area contributed by atoms with Gasteiger partial charge in [-0.05, 0) is 55.6 Å². The molecule has 5 aromatic rings. The second-order valence-corrected chi connectivity index (χ2v) is 12.3. The van der Waals surface area contributed by atoms with Gasteiger partial charge < -0.3 is 14.6 Å². The fourth-order valence-corrected chi connectivity index (χ4v) is 6.95. The van der Waals surface area contributed by atoms with E-state index in [0.29, 0.717) is 37.0 Å². The van der Waals surface area contributed by atoms with Crippen LogP contribution in [0.25, 0.3) is 16.7 Å². The normalized spacial score (nSPS) is 20.3. The Balaban J connectivity index is 1.03. The number of benzene rings is 2. The Labute approximate surface area is 261 Å². The van der Waals surface area contributed by atoms with Crippen LogP contribution in [0.15, 0.2) is 103 Å². The highest BCUT2D eigenvalue weighted by Crippen LogP contribution is 2.36. The zero-order chi connectivity index (χ0) is 30.8. The van der Waals surface area contributed by atoms with Crippen molar-refractivity contribution in [1.82, 2.24) is 33.9 Å². The minimum absolute atomic E-state index is 0.0645. The number of aromatic nitrogens is 5. The third-order valence-electron chi connectivity index (χ3n) is 9.45. The van der Waals surface area contributed by atoms with Crippen molar-refractivity contribution in [1.29, 1.82) is 0 Å². The Morgan fingerprint density at radius 3 is 2.42 bits per heavy atom. The first-order valence-corrected chi connectivity index (χ1v) is 15.6. The lowest BCUT2D eigenvalue weighted by Gasteiger charge is -2.43. The summed E-state index contributed by atoms with van der Waals surface area (Å²) in [6, 6.07) is 23.8. The SMILES string of the molecule is O=C([C@@H]1CCN(Cc2ccncn2)C[C@H]1c1ccccc1)N1CCC(O)(Cn2cnc3c(ccn3-c3ccccc3)c2=O)CC1. The number of hydrogen-bond donors (Lipinski definition) is 1. The van der Waals surface area contributed by atoms with E-state index in [2.05, 4.69) is 32.0 Å². The van der Waals surface area contributed by atoms with E-state index in [0.717, 1.165) is 37.4 Å². The molecule has 2 saturated heterocycles. The van der Waals surface area contributed by atoms with E-state index in [-0.39, 0.29) is 29.8 Å². The number of likely N-dealkylation sites (tertiary alicyclic amines) is 2. The van der Waals surface area contributed by atoms with Crippen molar-refractivity contribution in [3.63, 3.8) is 0 Å². The van der Waals surface area contributed by atoms with Crippen LogP contribution in [0.2, 0.25) is 0 Å². The smallest absolute Gasteiger partial charge is 0.262 e. The molecule has 10 heteroatoms. The number of hydrogen-bond acceptors (Lipinski definition) is 7. The van der Waals surface area contributed by atoms with Gasteiger partial charge in [-0.25, -0.2) is 15.0 Å². The van der Waals surface area contributed by atoms with Gasteiger partial charge in [0, 0.05) is 56.1 Å². The molecule has 0 aliphatic carbocycles. The van der Waals surface area contributed by atoms with E-state index >= 15 is 0 Å². The molecule has 2 aliphatic rings. The Morgan fingerprint density at radius 2 is 1.69 bits per heavy atom. The van der Waals surface area contributed by atoms with Crippen LogP contribution in [0.4, 0.5) is 0 Å². The molecule has 0 spiro atoms. The molecular formula is C35H37N7O3. The molecule has 2 aliphatic heterocycles. The number of amides is 1. The second-order valence-electron chi connectivity index (χ2n) is 12.3. The van der Waals surface area contributed by atoms with Crippen molar-refractivity contribution in [2.45, 2.75) is 43.9 Å². The molecule has 7 rings (SSSR count). The summed E-state index contributed by atoms with van der Waals surface area (Å²) in [5.74, 6) is 0.0767. The maximum absolute atomic E-state index is 14.0. The predicted octanol–water partition coefficient (Wildman–Crippen LogP) is 3.64. The van der Waals surface area contributed by atoms with E-state index in [9.17, 15) is 14.7 Å². The number of rotatable bonds is 7. The molecule has 2 atom stereocenters. The molecule has 45 heavy (non-hydrogen) atoms. The highest BCUT2D eigenvalue weighted by molar-refractivity contribution is 5.80. The molecule has 1 N–H and O–H groups in total. The number of aliphatic hydroxyl groups is 1. The largest absolute Gasteiger partial charge is 0.388 e. The van der Waals surface area contributed by atoms with Gasteiger partial charge in [-0.3, -0.25) is 19.1 Å². The summed E-state index contributed by atoms with van der Waals surface area (Å²) in [5.41, 5.74) is 2.38. The summed E-state index contributed by atoms with van der Waals surface area (Å²) in [6.07, 6.45) is 8.27. The minimum atomic E-state index is -1.10. The summed E-state index contributed by atoms with van der Waals surface area (Å²) >= 11 is 0. The second kappa shape index (κ2) is 12.4. The summed E-state index contributed by atoms with van der Waals surface area (Å²) in [7, 11) is 0. The van der Waals surface area contributed by atoms with Gasteiger partial charge in [-0.1, -0.05) is 48.5 Å². The van der Waals surface area contributed by atoms with E-state index in [4.69, 9.17) is 0 Å². The summed E-state index contributed by atoms with van der Waals surface area (Å²) in [6.45, 7) is 3.35. The first kappa shape index (κ1) is 29.1. The van der Waals surface area contributed by atoms with Gasteiger partial charge in [0.2, 0.25) is 5.91 Å². The zero-order valence-corrected chi connectivity index (χ0v) is 25.2. The topological polar surface area (TPSA) is 109 Å². The predicted molar refractivity (Wildman–Crippen MR) is 171 cm³/mol. The lowest BCUT2D eigenvalue weighted by atomic mass is 9.79. The maximum Gasteiger partial charge on any atom is 0.262 e. The Hall–Kier alpha value is -4.67. The molecule has 2 aromatic carbocycles. The quantitative estimate of drug-likeness (QED) is 0.303. The molecule has 0 unspecified atom stereocenters. The third-order valence-corrected chi connectivity index (χ3v) is 9.45. The first-order valence-electron chi connectivity index (χ1n) is 15.6. The van der Waals surface area contributed by atoms with Crippen LogP contribution in [0.3, 0.4) is 0 Å². The number of piperidine rings is 2. The van der Waals surface area contributed by atoms with Crippen LogP contribution in [-0.2, 0) is 17.9 Å². The van der Waals surface area contributed by atoms with Crippen molar-refractivity contribution in [3.05, 3.63) is 119 Å². The Kier molecular flexibility index (Phi) is 7.99. The number of carbonyl (C=O) groups is 1. The lowest BCUT2D eigenvalue weighted by Crippen LogP contribution is -2.53. The molecule has 2 fully saturated rings. The monoisotopic (exact) mass is 603 g/mol. The molecule has 3 aromatic heterocycles. The number of carbonyl (C=O) groups excluding carboxylic acids is 1. The van der Waals surface area contributed by atoms with Gasteiger partial charge in [-0.2, -0.15) is 0 Å². The summed E-state index contributed by atoms with van der Waals surface area (Å²) in [5, 5.41) is 12.1. The van der Waals surface area contributed by atoms with Gasteiger partial charge in [0.1, 0.15) is 12.7 Å². The number of para-hydroxylation sites is 1. The standard InChI is InChI=1S/C35H37N7O3/c43-33(29-12-17-39(21-27-11-16-36-24-37-27)22-31(29)26-7-3-1-4-8-26)40-19-14-35(45,15-20-40)23-41-25-38-32-30(34(41)44)13-18-42(32)28-9-5-2-6-10-28/h1-11,13,16,18,24-25,29,31,45H,12,14-15,17,19-23H2/t29-,31+/m1/s1. The van der Waals surface area contributed by atoms with E-state index in [1.807, 2.05) is 70.3 Å². The molecule has 0 bridgehead atoms. The van der Waals surface area contributed by atoms with E-state index in [1.54, 1.807) is 18.6 Å². The van der Waals surface area contributed by atoms with Gasteiger partial charge >= 0.3 is 0 Å². The van der Waals surface area contributed by atoms with Gasteiger partial charge in [0.05, 0.1) is 23.2 Å². The highest BCUT2D eigenvalue weighted by atomic mass is 16.3. The average molecular weight is 604 g/mol. The average Bonchev–Trinajstić information content (AvgIpc) is 3.52. The van der Waals surface area contributed by atoms with Crippen molar-refractivity contribution in [3.8, 4) is 5.69 Å². The number of fused-ring (bicyclic) bond motifs is 1. The molecule has 0 radical (unpaired) electrons. The van der Waals surface area contributed by atoms with Crippen molar-refractivity contribution < 1.29 is 9.90 Å². The zero-order valence-electron chi connectivity index (χ0n) is 25.2. The van der Waals surface area contributed by atoms with Crippen molar-refractivity contribution >= 4 is 16.9 Å². The van der Waals surface area contributed by atoms with Crippen molar-refractivity contribution in [2.75, 3.05) is 26.2 Å². The summed E-state index contributed by atoms with van der Waals surface area (Å²) in [4.78, 5) is 44.7. The van der Waals surface area contributed by atoms with Gasteiger partial charge in [0.15, 0.2) is 5.65 Å². The van der Waals surface area contributed by atoms with Crippen LogP contribution < -0.4 is 5.56 Å². The fraction of sp³-hybridized carbons (Fsp3) is 0.343. The molecular weight excluding hydrogens is 566 g/mol. The molecule has 0 saturated carbocycles. The molecule has 230 valence electrons. The van der Waals surface area contributed by atoms with E-state index in [1.165, 1.54) is 16.5 Å². The van der Waals surface area contributed by atoms with Gasteiger partial charge in [0.25, 0.3) is 5.56 Å². The number of nitrogens with zero attached hydrogens (tertiary/aromatic N) is 7. The van der Waals surface area contributed by atoms with E-state index < -0.39 is 5.60 Å². The molecule has 5 heterocycles. The van der Waals surface area contributed by atoms with Crippen molar-refractivity contribution in [2.24, 2.45) is 5.92 Å². The van der Waals surface area contributed by atoms with Gasteiger partial charge in [-0.15, -0.1) is 0 Å². The van der Waals surface area contributed by atoms with Crippen LogP contribution >= 0.6 is 0 Å². The Bertz CT molecular complexity index is 1820. The van der Waals surface area contributed by atoms with Crippen LogP contribution in [0.1, 0.15) is 36.4 Å². The third kappa shape index (κ3) is 6.03. The fourth-order valence-electron chi connectivity index (χ4n) is 6.95. The highest BCUT2D eigenvalue weighted by Gasteiger charge is 2.41. The first-order chi connectivity index (χ1) is 22.0. The molecule has 1 amide bonds. The lowest BCUT2D eigenvalue weighted by molar-refractivity contribution is -0.142. The maximum atomic E-state index is 14.0. The van der Waals surface area contributed by atoms with Crippen LogP contribution in [0, 0.1) is 5.92 Å². The summed E-state index contributed by atoms with van der Waals surface area (Å²) < 4.78 is 3.40. The van der Waals surface area contributed by atoms with Crippen LogP contribution in [-0.4, -0.2) is 76.7 Å².